The number of hydrogen-bond acceptors (Lipinski definition) is 4. The zero-order chi connectivity index (χ0) is 14.8. The molecule has 1 aromatic heterocycles. The Bertz CT molecular complexity index is 923. The second kappa shape index (κ2) is 5.44. The lowest BCUT2D eigenvalue weighted by Gasteiger charge is -2.06. The smallest absolute Gasteiger partial charge is 0.219 e. The molecule has 3 aromatic rings. The maximum Gasteiger partial charge on any atom is 0.219 e. The summed E-state index contributed by atoms with van der Waals surface area (Å²) in [5.74, 6) is 0.411. The molecule has 0 saturated carbocycles. The van der Waals surface area contributed by atoms with E-state index >= 15 is 0 Å². The fraction of sp³-hybridized carbons (Fsp3) is 0.0588. The Balaban J connectivity index is 2.44. The van der Waals surface area contributed by atoms with E-state index in [0.29, 0.717) is 16.7 Å². The van der Waals surface area contributed by atoms with Crippen LogP contribution in [0.15, 0.2) is 62.7 Å². The highest BCUT2D eigenvalue weighted by Gasteiger charge is 2.15. The Hall–Kier alpha value is -2.55. The highest BCUT2D eigenvalue weighted by molar-refractivity contribution is 7.78. The molecule has 102 valence electrons. The predicted molar refractivity (Wildman–Crippen MR) is 87.3 cm³/mol. The fourth-order valence-electron chi connectivity index (χ4n) is 2.23. The van der Waals surface area contributed by atoms with Crippen molar-refractivity contribution in [3.8, 4) is 11.3 Å². The molecule has 2 aromatic carbocycles. The van der Waals surface area contributed by atoms with E-state index in [2.05, 4.69) is 22.4 Å². The molecule has 0 bridgehead atoms. The van der Waals surface area contributed by atoms with Gasteiger partial charge >= 0.3 is 0 Å². The van der Waals surface area contributed by atoms with E-state index in [4.69, 9.17) is 4.42 Å². The van der Waals surface area contributed by atoms with Gasteiger partial charge in [0.05, 0.1) is 10.5 Å². The molecule has 3 rings (SSSR count). The molecular weight excluding hydrogens is 282 g/mol. The zero-order valence-electron chi connectivity index (χ0n) is 11.3. The predicted octanol–water partition coefficient (Wildman–Crippen LogP) is 4.50. The summed E-state index contributed by atoms with van der Waals surface area (Å²) in [6.07, 6.45) is 0. The normalized spacial score (nSPS) is 10.3. The van der Waals surface area contributed by atoms with E-state index in [1.165, 1.54) is 0 Å². The van der Waals surface area contributed by atoms with Crippen LogP contribution in [0, 0.1) is 6.92 Å². The third-order valence-corrected chi connectivity index (χ3v) is 3.31. The summed E-state index contributed by atoms with van der Waals surface area (Å²) in [5.41, 5.74) is 2.29. The van der Waals surface area contributed by atoms with Crippen molar-refractivity contribution in [3.63, 3.8) is 0 Å². The van der Waals surface area contributed by atoms with E-state index < -0.39 is 0 Å². The second-order valence-corrected chi connectivity index (χ2v) is 4.86. The Morgan fingerprint density at radius 1 is 1.14 bits per heavy atom. The van der Waals surface area contributed by atoms with Crippen LogP contribution in [0.4, 0.5) is 5.69 Å². The number of rotatable bonds is 2. The summed E-state index contributed by atoms with van der Waals surface area (Å²) in [7, 11) is 0. The van der Waals surface area contributed by atoms with Crippen LogP contribution >= 0.6 is 12.2 Å². The number of hydrogen-bond donors (Lipinski definition) is 0. The van der Waals surface area contributed by atoms with Gasteiger partial charge in [-0.1, -0.05) is 42.0 Å². The molecule has 0 N–H and O–H groups in total. The summed E-state index contributed by atoms with van der Waals surface area (Å²) in [4.78, 5) is 16.5. The van der Waals surface area contributed by atoms with Crippen LogP contribution in [0.1, 0.15) is 5.56 Å². The van der Waals surface area contributed by atoms with Crippen LogP contribution in [0.5, 0.6) is 0 Å². The highest BCUT2D eigenvalue weighted by Crippen LogP contribution is 2.30. The minimum atomic E-state index is -0.198. The molecule has 0 spiro atoms. The van der Waals surface area contributed by atoms with Crippen molar-refractivity contribution in [1.82, 2.24) is 0 Å². The number of aliphatic imine (C=N–C) groups is 1. The summed E-state index contributed by atoms with van der Waals surface area (Å²) in [5, 5.41) is 2.76. The van der Waals surface area contributed by atoms with Crippen LogP contribution in [0.2, 0.25) is 0 Å². The van der Waals surface area contributed by atoms with Gasteiger partial charge in [-0.2, -0.15) is 4.99 Å². The van der Waals surface area contributed by atoms with Gasteiger partial charge in [-0.05, 0) is 31.3 Å². The van der Waals surface area contributed by atoms with Crippen LogP contribution in [-0.4, -0.2) is 5.16 Å². The van der Waals surface area contributed by atoms with Crippen LogP contribution < -0.4 is 5.43 Å². The topological polar surface area (TPSA) is 42.6 Å². The minimum Gasteiger partial charge on any atom is -0.453 e. The van der Waals surface area contributed by atoms with E-state index in [1.807, 2.05) is 43.3 Å². The quantitative estimate of drug-likeness (QED) is 0.516. The Labute approximate surface area is 126 Å². The first kappa shape index (κ1) is 13.4. The largest absolute Gasteiger partial charge is 0.453 e. The molecular formula is C17H11NO2S. The first-order chi connectivity index (χ1) is 10.2. The molecule has 21 heavy (non-hydrogen) atoms. The van der Waals surface area contributed by atoms with Crippen LogP contribution in [0.3, 0.4) is 0 Å². The first-order valence-corrected chi connectivity index (χ1v) is 6.82. The van der Waals surface area contributed by atoms with Crippen molar-refractivity contribution in [1.29, 1.82) is 0 Å². The molecule has 0 saturated heterocycles. The van der Waals surface area contributed by atoms with Gasteiger partial charge in [0, 0.05) is 5.56 Å². The van der Waals surface area contributed by atoms with E-state index in [-0.39, 0.29) is 11.1 Å². The Morgan fingerprint density at radius 2 is 1.90 bits per heavy atom. The van der Waals surface area contributed by atoms with Gasteiger partial charge in [0.25, 0.3) is 0 Å². The van der Waals surface area contributed by atoms with Crippen molar-refractivity contribution in [3.05, 3.63) is 64.3 Å². The monoisotopic (exact) mass is 293 g/mol. The summed E-state index contributed by atoms with van der Waals surface area (Å²) in [6.45, 7) is 1.92. The van der Waals surface area contributed by atoms with Gasteiger partial charge in [0.15, 0.2) is 11.4 Å². The minimum absolute atomic E-state index is 0.189. The Kier molecular flexibility index (Phi) is 3.48. The molecule has 0 unspecified atom stereocenters. The van der Waals surface area contributed by atoms with E-state index in [1.54, 1.807) is 12.1 Å². The van der Waals surface area contributed by atoms with Crippen molar-refractivity contribution in [2.24, 2.45) is 4.99 Å². The summed E-state index contributed by atoms with van der Waals surface area (Å²) >= 11 is 4.65. The average molecular weight is 293 g/mol. The van der Waals surface area contributed by atoms with Crippen LogP contribution in [-0.2, 0) is 0 Å². The number of isothiocyanates is 1. The average Bonchev–Trinajstić information content (AvgIpc) is 2.51. The van der Waals surface area contributed by atoms with Crippen molar-refractivity contribution in [2.75, 3.05) is 0 Å². The van der Waals surface area contributed by atoms with Crippen molar-refractivity contribution >= 4 is 34.0 Å². The third-order valence-electron chi connectivity index (χ3n) is 3.22. The van der Waals surface area contributed by atoms with E-state index in [9.17, 15) is 4.79 Å². The fourth-order valence-corrected chi connectivity index (χ4v) is 2.32. The molecule has 1 heterocycles. The van der Waals surface area contributed by atoms with Gasteiger partial charge in [-0.25, -0.2) is 0 Å². The summed E-state index contributed by atoms with van der Waals surface area (Å²) < 4.78 is 5.89. The molecule has 0 fully saturated rings. The maximum absolute atomic E-state index is 12.6. The summed E-state index contributed by atoms with van der Waals surface area (Å²) in [6, 6.07) is 14.9. The van der Waals surface area contributed by atoms with Gasteiger partial charge in [-0.15, -0.1) is 0 Å². The zero-order valence-corrected chi connectivity index (χ0v) is 12.1. The number of aryl methyl sites for hydroxylation is 1. The van der Waals surface area contributed by atoms with Crippen LogP contribution in [0.25, 0.3) is 22.3 Å². The number of thiocarbonyl (C=S) groups is 1. The number of fused-ring (bicyclic) bond motifs is 1. The molecule has 0 atom stereocenters. The first-order valence-electron chi connectivity index (χ1n) is 6.41. The third kappa shape index (κ3) is 2.42. The molecule has 0 radical (unpaired) electrons. The van der Waals surface area contributed by atoms with Gasteiger partial charge in [0.1, 0.15) is 5.58 Å². The van der Waals surface area contributed by atoms with E-state index in [0.717, 1.165) is 11.1 Å². The van der Waals surface area contributed by atoms with Gasteiger partial charge in [-0.3, -0.25) is 4.79 Å². The Morgan fingerprint density at radius 3 is 2.62 bits per heavy atom. The highest BCUT2D eigenvalue weighted by atomic mass is 32.1. The number of nitrogens with zero attached hydrogens (tertiary/aromatic N) is 1. The molecule has 4 heteroatoms. The standard InChI is InChI=1S/C17H11NO2S/c1-11-7-8-14-13(9-11)16(19)15(18-10-21)17(20-14)12-5-3-2-4-6-12/h2-9H,1H3. The molecule has 0 aliphatic carbocycles. The molecule has 3 nitrogen and oxygen atoms in total. The molecule has 0 aliphatic heterocycles. The van der Waals surface area contributed by atoms with Crippen molar-refractivity contribution < 1.29 is 4.42 Å². The maximum atomic E-state index is 12.6. The van der Waals surface area contributed by atoms with Gasteiger partial charge < -0.3 is 4.42 Å². The van der Waals surface area contributed by atoms with Crippen molar-refractivity contribution in [2.45, 2.75) is 6.92 Å². The SMILES string of the molecule is Cc1ccc2oc(-c3ccccc3)c(N=C=S)c(=O)c2c1. The second-order valence-electron chi connectivity index (χ2n) is 4.68. The lowest BCUT2D eigenvalue weighted by molar-refractivity contribution is 0.620. The molecule has 0 amide bonds. The number of benzene rings is 2. The lowest BCUT2D eigenvalue weighted by atomic mass is 10.1. The van der Waals surface area contributed by atoms with Gasteiger partial charge in [0.2, 0.25) is 5.43 Å². The lowest BCUT2D eigenvalue weighted by Crippen LogP contribution is -2.03. The molecule has 0 aliphatic rings.